The Morgan fingerprint density at radius 2 is 1.85 bits per heavy atom. The maximum atomic E-state index is 13.0. The molecule has 1 unspecified atom stereocenters. The second-order valence-corrected chi connectivity index (χ2v) is 7.60. The quantitative estimate of drug-likeness (QED) is 0.351. The molecule has 0 aliphatic heterocycles. The van der Waals surface area contributed by atoms with Gasteiger partial charge in [0.05, 0.1) is 23.9 Å². The molecule has 8 heteroatoms. The van der Waals surface area contributed by atoms with Crippen molar-refractivity contribution < 1.29 is 23.5 Å². The van der Waals surface area contributed by atoms with E-state index >= 15 is 0 Å². The van der Waals surface area contributed by atoms with Crippen LogP contribution in [0.2, 0.25) is 5.02 Å². The standard InChI is InChI=1S/C25H21ClN2O5/c1-3-20(23(29)27-19-14-15(26)12-13-21(19)31-2)33-25(30)17-9-5-4-8-16(17)24-28-18-10-6-7-11-22(18)32-24/h4-14,20H,3H2,1-2H3,(H,27,29). The first-order valence-corrected chi connectivity index (χ1v) is 10.7. The summed E-state index contributed by atoms with van der Waals surface area (Å²) in [7, 11) is 1.49. The van der Waals surface area contributed by atoms with Crippen LogP contribution in [0.4, 0.5) is 5.69 Å². The predicted octanol–water partition coefficient (Wildman–Crippen LogP) is 5.73. The van der Waals surface area contributed by atoms with Gasteiger partial charge in [-0.2, -0.15) is 0 Å². The molecule has 1 N–H and O–H groups in total. The number of halogens is 1. The van der Waals surface area contributed by atoms with Crippen molar-refractivity contribution in [2.75, 3.05) is 12.4 Å². The van der Waals surface area contributed by atoms with Crippen molar-refractivity contribution in [3.05, 3.63) is 77.3 Å². The highest BCUT2D eigenvalue weighted by Crippen LogP contribution is 2.29. The lowest BCUT2D eigenvalue weighted by Gasteiger charge is -2.18. The number of methoxy groups -OCH3 is 1. The van der Waals surface area contributed by atoms with E-state index in [1.807, 2.05) is 18.2 Å². The molecule has 0 aliphatic carbocycles. The number of esters is 1. The number of nitrogens with one attached hydrogen (secondary N) is 1. The Balaban J connectivity index is 1.56. The lowest BCUT2D eigenvalue weighted by atomic mass is 10.1. The van der Waals surface area contributed by atoms with Gasteiger partial charge in [-0.25, -0.2) is 9.78 Å². The van der Waals surface area contributed by atoms with Gasteiger partial charge in [0.1, 0.15) is 11.3 Å². The van der Waals surface area contributed by atoms with Gasteiger partial charge < -0.3 is 19.2 Å². The van der Waals surface area contributed by atoms with Crippen LogP contribution < -0.4 is 10.1 Å². The number of amides is 1. The first-order valence-electron chi connectivity index (χ1n) is 10.3. The zero-order valence-electron chi connectivity index (χ0n) is 18.0. The van der Waals surface area contributed by atoms with Crippen molar-refractivity contribution in [3.63, 3.8) is 0 Å². The summed E-state index contributed by atoms with van der Waals surface area (Å²) in [5, 5.41) is 3.15. The van der Waals surface area contributed by atoms with Gasteiger partial charge in [-0.05, 0) is 48.9 Å². The molecule has 0 spiro atoms. The average molecular weight is 465 g/mol. The van der Waals surface area contributed by atoms with Gasteiger partial charge in [-0.15, -0.1) is 0 Å². The van der Waals surface area contributed by atoms with Crippen molar-refractivity contribution in [2.45, 2.75) is 19.4 Å². The molecule has 0 fully saturated rings. The zero-order valence-corrected chi connectivity index (χ0v) is 18.8. The Bertz CT molecular complexity index is 1280. The number of para-hydroxylation sites is 2. The van der Waals surface area contributed by atoms with Gasteiger partial charge in [0.15, 0.2) is 11.7 Å². The highest BCUT2D eigenvalue weighted by Gasteiger charge is 2.25. The van der Waals surface area contributed by atoms with Crippen LogP contribution in [0.5, 0.6) is 5.75 Å². The first kappa shape index (κ1) is 22.4. The number of carbonyl (C=O) groups is 2. The minimum absolute atomic E-state index is 0.246. The zero-order chi connectivity index (χ0) is 23.4. The number of rotatable bonds is 7. The third-order valence-electron chi connectivity index (χ3n) is 5.00. The molecule has 33 heavy (non-hydrogen) atoms. The lowest BCUT2D eigenvalue weighted by Crippen LogP contribution is -2.32. The maximum Gasteiger partial charge on any atom is 0.339 e. The lowest BCUT2D eigenvalue weighted by molar-refractivity contribution is -0.124. The predicted molar refractivity (Wildman–Crippen MR) is 126 cm³/mol. The van der Waals surface area contributed by atoms with E-state index in [-0.39, 0.29) is 12.0 Å². The largest absolute Gasteiger partial charge is 0.495 e. The number of nitrogens with zero attached hydrogens (tertiary/aromatic N) is 1. The van der Waals surface area contributed by atoms with Crippen molar-refractivity contribution in [1.29, 1.82) is 0 Å². The van der Waals surface area contributed by atoms with Crippen LogP contribution in [0.3, 0.4) is 0 Å². The van der Waals surface area contributed by atoms with Crippen LogP contribution >= 0.6 is 11.6 Å². The number of hydrogen-bond acceptors (Lipinski definition) is 6. The number of carbonyl (C=O) groups excluding carboxylic acids is 2. The third kappa shape index (κ3) is 4.83. The van der Waals surface area contributed by atoms with Crippen LogP contribution in [-0.4, -0.2) is 30.1 Å². The number of oxazole rings is 1. The number of aromatic nitrogens is 1. The molecule has 4 rings (SSSR count). The highest BCUT2D eigenvalue weighted by atomic mass is 35.5. The second-order valence-electron chi connectivity index (χ2n) is 7.17. The Hall–Kier alpha value is -3.84. The Morgan fingerprint density at radius 1 is 1.09 bits per heavy atom. The fourth-order valence-electron chi connectivity index (χ4n) is 3.34. The van der Waals surface area contributed by atoms with E-state index in [0.29, 0.717) is 39.0 Å². The molecule has 0 saturated heterocycles. The van der Waals surface area contributed by atoms with Gasteiger partial charge in [0.2, 0.25) is 5.89 Å². The maximum absolute atomic E-state index is 13.0. The van der Waals surface area contributed by atoms with Gasteiger partial charge in [-0.3, -0.25) is 4.79 Å². The molecule has 1 amide bonds. The molecule has 168 valence electrons. The van der Waals surface area contributed by atoms with Crippen molar-refractivity contribution >= 4 is 40.3 Å². The summed E-state index contributed by atoms with van der Waals surface area (Å²) in [5.74, 6) is -0.418. The molecule has 4 aromatic rings. The van der Waals surface area contributed by atoms with E-state index in [9.17, 15) is 9.59 Å². The van der Waals surface area contributed by atoms with E-state index in [0.717, 1.165) is 0 Å². The fraction of sp³-hybridized carbons (Fsp3) is 0.160. The van der Waals surface area contributed by atoms with Gasteiger partial charge in [-0.1, -0.05) is 42.8 Å². The monoisotopic (exact) mass is 464 g/mol. The van der Waals surface area contributed by atoms with E-state index in [1.165, 1.54) is 7.11 Å². The van der Waals surface area contributed by atoms with E-state index in [1.54, 1.807) is 55.5 Å². The summed E-state index contributed by atoms with van der Waals surface area (Å²) in [5.41, 5.74) is 2.39. The van der Waals surface area contributed by atoms with Crippen LogP contribution in [0, 0.1) is 0 Å². The van der Waals surface area contributed by atoms with Gasteiger partial charge >= 0.3 is 5.97 Å². The molecule has 3 aromatic carbocycles. The number of benzene rings is 3. The van der Waals surface area contributed by atoms with Crippen molar-refractivity contribution in [3.8, 4) is 17.2 Å². The minimum atomic E-state index is -1.03. The van der Waals surface area contributed by atoms with Crippen molar-refractivity contribution in [2.24, 2.45) is 0 Å². The summed E-state index contributed by atoms with van der Waals surface area (Å²) < 4.78 is 16.6. The summed E-state index contributed by atoms with van der Waals surface area (Å²) in [6, 6.07) is 19.0. The normalized spacial score (nSPS) is 11.7. The molecule has 7 nitrogen and oxygen atoms in total. The molecule has 0 aliphatic rings. The topological polar surface area (TPSA) is 90.7 Å². The summed E-state index contributed by atoms with van der Waals surface area (Å²) in [6.07, 6.45) is -0.760. The molecule has 0 saturated carbocycles. The summed E-state index contributed by atoms with van der Waals surface area (Å²) >= 11 is 6.03. The molecule has 1 aromatic heterocycles. The second kappa shape index (κ2) is 9.75. The number of anilines is 1. The average Bonchev–Trinajstić information content (AvgIpc) is 3.26. The van der Waals surface area contributed by atoms with E-state index in [4.69, 9.17) is 25.5 Å². The molecule has 1 atom stereocenters. The first-order chi connectivity index (χ1) is 16.0. The van der Waals surface area contributed by atoms with Gasteiger partial charge in [0, 0.05) is 5.02 Å². The van der Waals surface area contributed by atoms with E-state index in [2.05, 4.69) is 10.3 Å². The highest BCUT2D eigenvalue weighted by molar-refractivity contribution is 6.31. The van der Waals surface area contributed by atoms with Crippen molar-refractivity contribution in [1.82, 2.24) is 4.98 Å². The van der Waals surface area contributed by atoms with Gasteiger partial charge in [0.25, 0.3) is 5.91 Å². The summed E-state index contributed by atoms with van der Waals surface area (Å²) in [6.45, 7) is 1.75. The number of ether oxygens (including phenoxy) is 2. The smallest absolute Gasteiger partial charge is 0.339 e. The number of fused-ring (bicyclic) bond motifs is 1. The SMILES string of the molecule is CCC(OC(=O)c1ccccc1-c1nc2ccccc2o1)C(=O)Nc1cc(Cl)ccc1OC. The summed E-state index contributed by atoms with van der Waals surface area (Å²) in [4.78, 5) is 30.3. The minimum Gasteiger partial charge on any atom is -0.495 e. The third-order valence-corrected chi connectivity index (χ3v) is 5.24. The number of hydrogen-bond donors (Lipinski definition) is 1. The fourth-order valence-corrected chi connectivity index (χ4v) is 3.51. The Morgan fingerprint density at radius 3 is 2.61 bits per heavy atom. The molecule has 0 bridgehead atoms. The molecule has 0 radical (unpaired) electrons. The van der Waals surface area contributed by atoms with Crippen LogP contribution in [0.15, 0.2) is 71.1 Å². The van der Waals surface area contributed by atoms with Crippen LogP contribution in [-0.2, 0) is 9.53 Å². The molecular weight excluding hydrogens is 444 g/mol. The molecular formula is C25H21ClN2O5. The molecule has 1 heterocycles. The van der Waals surface area contributed by atoms with Crippen LogP contribution in [0.1, 0.15) is 23.7 Å². The Labute approximate surface area is 195 Å². The Kier molecular flexibility index (Phi) is 6.60. The van der Waals surface area contributed by atoms with E-state index < -0.39 is 18.0 Å². The van der Waals surface area contributed by atoms with Crippen LogP contribution in [0.25, 0.3) is 22.6 Å².